The number of halogens is 3. The van der Waals surface area contributed by atoms with Gasteiger partial charge in [-0.25, -0.2) is 23.1 Å². The van der Waals surface area contributed by atoms with Crippen molar-refractivity contribution in [3.63, 3.8) is 0 Å². The van der Waals surface area contributed by atoms with Gasteiger partial charge < -0.3 is 15.5 Å². The quantitative estimate of drug-likeness (QED) is 0.566. The lowest BCUT2D eigenvalue weighted by Crippen LogP contribution is -2.57. The molecule has 4 rings (SSSR count). The number of aromatic amines is 1. The largest absolute Gasteiger partial charge is 0.344 e. The van der Waals surface area contributed by atoms with Crippen molar-refractivity contribution in [1.82, 2.24) is 35.1 Å². The highest BCUT2D eigenvalue weighted by atomic mass is 19.3. The van der Waals surface area contributed by atoms with Crippen LogP contribution in [0.4, 0.5) is 36.8 Å². The number of rotatable bonds is 6. The van der Waals surface area contributed by atoms with Crippen molar-refractivity contribution in [1.29, 1.82) is 0 Å². The summed E-state index contributed by atoms with van der Waals surface area (Å²) in [5, 5.41) is 12.7. The van der Waals surface area contributed by atoms with Gasteiger partial charge in [-0.15, -0.1) is 0 Å². The predicted molar refractivity (Wildman–Crippen MR) is 97.6 cm³/mol. The molecule has 3 N–H and O–H groups in total. The summed E-state index contributed by atoms with van der Waals surface area (Å²) in [5.41, 5.74) is 0.824. The first-order chi connectivity index (χ1) is 13.8. The summed E-state index contributed by atoms with van der Waals surface area (Å²) < 4.78 is 39.6. The summed E-state index contributed by atoms with van der Waals surface area (Å²) in [6, 6.07) is 1.27. The van der Waals surface area contributed by atoms with E-state index in [4.69, 9.17) is 0 Å². The smallest absolute Gasteiger partial charge is 0.282 e. The molecule has 152 valence electrons. The SMILES string of the molecule is Cc1cc(Nc2nc(N[C@@H](C)c3ncc(F)cn3)nc(N3CC(F)(F)C3)n2)n[nH]1. The molecule has 1 atom stereocenters. The number of nitrogens with zero attached hydrogens (tertiary/aromatic N) is 7. The lowest BCUT2D eigenvalue weighted by atomic mass is 10.2. The van der Waals surface area contributed by atoms with Gasteiger partial charge in [-0.3, -0.25) is 5.10 Å². The van der Waals surface area contributed by atoms with E-state index in [1.807, 2.05) is 6.92 Å². The molecule has 1 aliphatic heterocycles. The average molecular weight is 406 g/mol. The van der Waals surface area contributed by atoms with E-state index in [0.717, 1.165) is 18.1 Å². The Balaban J connectivity index is 1.59. The fourth-order valence-corrected chi connectivity index (χ4v) is 2.68. The first-order valence-electron chi connectivity index (χ1n) is 8.69. The molecular formula is C16H17F3N10. The molecule has 0 unspecified atom stereocenters. The minimum Gasteiger partial charge on any atom is -0.344 e. The van der Waals surface area contributed by atoms with Crippen LogP contribution >= 0.6 is 0 Å². The fourth-order valence-electron chi connectivity index (χ4n) is 2.68. The zero-order valence-corrected chi connectivity index (χ0v) is 15.5. The van der Waals surface area contributed by atoms with E-state index in [-0.39, 0.29) is 17.8 Å². The Labute approximate surface area is 163 Å². The standard InChI is InChI=1S/C16H17F3N10/c1-8-3-11(28-27-8)23-14-24-13(22-9(2)12-20-4-10(17)5-21-12)25-15(26-14)29-6-16(18,19)7-29/h3-5,9H,6-7H2,1-2H3,(H3,22,23,24,25,26,27,28)/t9-/m0/s1. The van der Waals surface area contributed by atoms with Gasteiger partial charge in [0.25, 0.3) is 5.92 Å². The van der Waals surface area contributed by atoms with Crippen LogP contribution in [0.5, 0.6) is 0 Å². The van der Waals surface area contributed by atoms with Crippen LogP contribution < -0.4 is 15.5 Å². The van der Waals surface area contributed by atoms with Gasteiger partial charge in [0.15, 0.2) is 11.6 Å². The number of nitrogens with one attached hydrogen (secondary N) is 3. The fraction of sp³-hybridized carbons (Fsp3) is 0.375. The van der Waals surface area contributed by atoms with Gasteiger partial charge in [0.2, 0.25) is 17.8 Å². The van der Waals surface area contributed by atoms with Crippen LogP contribution in [0, 0.1) is 12.7 Å². The molecule has 0 amide bonds. The van der Waals surface area contributed by atoms with Crippen LogP contribution in [0.25, 0.3) is 0 Å². The summed E-state index contributed by atoms with van der Waals surface area (Å²) in [6.07, 6.45) is 2.10. The molecule has 1 saturated heterocycles. The molecule has 29 heavy (non-hydrogen) atoms. The Morgan fingerprint density at radius 1 is 1.14 bits per heavy atom. The molecule has 4 heterocycles. The first kappa shape index (κ1) is 18.8. The third-order valence-electron chi connectivity index (χ3n) is 4.07. The molecule has 0 radical (unpaired) electrons. The van der Waals surface area contributed by atoms with Gasteiger partial charge in [-0.1, -0.05) is 0 Å². The molecule has 3 aromatic heterocycles. The Kier molecular flexibility index (Phi) is 4.64. The van der Waals surface area contributed by atoms with E-state index in [0.29, 0.717) is 11.6 Å². The summed E-state index contributed by atoms with van der Waals surface area (Å²) in [6.45, 7) is 2.61. The van der Waals surface area contributed by atoms with Gasteiger partial charge in [0.1, 0.15) is 5.82 Å². The molecule has 0 aromatic carbocycles. The van der Waals surface area contributed by atoms with Crippen LogP contribution in [0.2, 0.25) is 0 Å². The molecule has 13 heteroatoms. The van der Waals surface area contributed by atoms with Crippen molar-refractivity contribution in [2.45, 2.75) is 25.8 Å². The highest BCUT2D eigenvalue weighted by Gasteiger charge is 2.45. The Hall–Kier alpha value is -3.51. The Morgan fingerprint density at radius 2 is 1.83 bits per heavy atom. The number of aromatic nitrogens is 7. The number of H-pyrrole nitrogens is 1. The number of hydrogen-bond acceptors (Lipinski definition) is 9. The number of alkyl halides is 2. The van der Waals surface area contributed by atoms with Crippen molar-refractivity contribution in [2.75, 3.05) is 28.6 Å². The van der Waals surface area contributed by atoms with Crippen LogP contribution in [-0.4, -0.2) is 54.1 Å². The molecular weight excluding hydrogens is 389 g/mol. The Morgan fingerprint density at radius 3 is 2.45 bits per heavy atom. The zero-order chi connectivity index (χ0) is 20.6. The first-order valence-corrected chi connectivity index (χ1v) is 8.69. The molecule has 0 spiro atoms. The number of aryl methyl sites for hydroxylation is 1. The van der Waals surface area contributed by atoms with E-state index in [1.54, 1.807) is 13.0 Å². The molecule has 10 nitrogen and oxygen atoms in total. The van der Waals surface area contributed by atoms with E-state index < -0.39 is 30.9 Å². The van der Waals surface area contributed by atoms with Crippen molar-refractivity contribution in [3.05, 3.63) is 35.8 Å². The third kappa shape index (κ3) is 4.33. The van der Waals surface area contributed by atoms with E-state index in [2.05, 4.69) is 45.8 Å². The zero-order valence-electron chi connectivity index (χ0n) is 15.5. The Bertz CT molecular complexity index is 998. The normalized spacial score (nSPS) is 16.2. The summed E-state index contributed by atoms with van der Waals surface area (Å²) >= 11 is 0. The number of hydrogen-bond donors (Lipinski definition) is 3. The second kappa shape index (κ2) is 7.14. The lowest BCUT2D eigenvalue weighted by molar-refractivity contribution is -0.0271. The van der Waals surface area contributed by atoms with Crippen LogP contribution in [-0.2, 0) is 0 Å². The lowest BCUT2D eigenvalue weighted by Gasteiger charge is -2.38. The molecule has 3 aromatic rings. The molecule has 0 aliphatic carbocycles. The molecule has 0 bridgehead atoms. The summed E-state index contributed by atoms with van der Waals surface area (Å²) in [7, 11) is 0. The van der Waals surface area contributed by atoms with Crippen LogP contribution in [0.15, 0.2) is 18.5 Å². The molecule has 1 fully saturated rings. The van der Waals surface area contributed by atoms with E-state index >= 15 is 0 Å². The van der Waals surface area contributed by atoms with Crippen molar-refractivity contribution in [2.24, 2.45) is 0 Å². The van der Waals surface area contributed by atoms with E-state index in [1.165, 1.54) is 4.90 Å². The molecule has 1 aliphatic rings. The topological polar surface area (TPSA) is 120 Å². The van der Waals surface area contributed by atoms with Gasteiger partial charge in [0.05, 0.1) is 31.5 Å². The maximum absolute atomic E-state index is 13.3. The van der Waals surface area contributed by atoms with Crippen molar-refractivity contribution in [3.8, 4) is 0 Å². The molecule has 0 saturated carbocycles. The highest BCUT2D eigenvalue weighted by molar-refractivity contribution is 5.53. The minimum absolute atomic E-state index is 0.0930. The van der Waals surface area contributed by atoms with Crippen LogP contribution in [0.3, 0.4) is 0 Å². The summed E-state index contributed by atoms with van der Waals surface area (Å²) in [5.74, 6) is -2.19. The highest BCUT2D eigenvalue weighted by Crippen LogP contribution is 2.31. The van der Waals surface area contributed by atoms with Gasteiger partial charge in [-0.05, 0) is 13.8 Å². The second-order valence-electron chi connectivity index (χ2n) is 6.68. The minimum atomic E-state index is -2.78. The maximum Gasteiger partial charge on any atom is 0.282 e. The van der Waals surface area contributed by atoms with Crippen molar-refractivity contribution >= 4 is 23.7 Å². The maximum atomic E-state index is 13.3. The van der Waals surface area contributed by atoms with Gasteiger partial charge in [-0.2, -0.15) is 20.1 Å². The third-order valence-corrected chi connectivity index (χ3v) is 4.07. The van der Waals surface area contributed by atoms with Crippen molar-refractivity contribution < 1.29 is 13.2 Å². The summed E-state index contributed by atoms with van der Waals surface area (Å²) in [4.78, 5) is 21.8. The van der Waals surface area contributed by atoms with Gasteiger partial charge >= 0.3 is 0 Å². The number of anilines is 4. The van der Waals surface area contributed by atoms with E-state index in [9.17, 15) is 13.2 Å². The van der Waals surface area contributed by atoms with Gasteiger partial charge in [0, 0.05) is 11.8 Å². The second-order valence-corrected chi connectivity index (χ2v) is 6.68. The monoisotopic (exact) mass is 406 g/mol. The average Bonchev–Trinajstić information content (AvgIpc) is 3.04. The van der Waals surface area contributed by atoms with Crippen LogP contribution in [0.1, 0.15) is 24.5 Å². The predicted octanol–water partition coefficient (Wildman–Crippen LogP) is 2.20.